The predicted molar refractivity (Wildman–Crippen MR) is 160 cm³/mol. The van der Waals surface area contributed by atoms with E-state index in [0.29, 0.717) is 26.9 Å². The van der Waals surface area contributed by atoms with E-state index in [9.17, 15) is 32.3 Å². The number of aryl methyl sites for hydroxylation is 1. The number of carbonyl (C=O) groups excluding carboxylic acids is 3. The third kappa shape index (κ3) is 5.30. The Morgan fingerprint density at radius 1 is 0.977 bits per heavy atom. The Hall–Kier alpha value is -4.36. The minimum absolute atomic E-state index is 0.184. The van der Waals surface area contributed by atoms with Gasteiger partial charge in [0.05, 0.1) is 29.3 Å². The van der Waals surface area contributed by atoms with Gasteiger partial charge in [0.25, 0.3) is 0 Å². The van der Waals surface area contributed by atoms with Crippen molar-refractivity contribution in [1.82, 2.24) is 4.57 Å². The van der Waals surface area contributed by atoms with E-state index in [2.05, 4.69) is 5.32 Å². The molecule has 13 heteroatoms. The van der Waals surface area contributed by atoms with Gasteiger partial charge >= 0.3 is 11.0 Å². The smallest absolute Gasteiger partial charge is 0.416 e. The summed E-state index contributed by atoms with van der Waals surface area (Å²) in [6.45, 7) is 1.58. The van der Waals surface area contributed by atoms with Crippen molar-refractivity contribution >= 4 is 52.2 Å². The fraction of sp³-hybridized carbons (Fsp3) is 0.226. The Morgan fingerprint density at radius 2 is 1.68 bits per heavy atom. The number of hydrogen-bond donors (Lipinski definition) is 1. The van der Waals surface area contributed by atoms with Gasteiger partial charge < -0.3 is 10.1 Å². The Labute approximate surface area is 257 Å². The summed E-state index contributed by atoms with van der Waals surface area (Å²) in [4.78, 5) is 55.0. The maximum atomic E-state index is 14.0. The lowest BCUT2D eigenvalue weighted by Gasteiger charge is -2.30. The van der Waals surface area contributed by atoms with E-state index in [1.807, 2.05) is 19.1 Å². The lowest BCUT2D eigenvalue weighted by Crippen LogP contribution is -2.33. The molecule has 0 radical (unpaired) electrons. The number of amides is 3. The summed E-state index contributed by atoms with van der Waals surface area (Å²) < 4.78 is 47.1. The van der Waals surface area contributed by atoms with Crippen molar-refractivity contribution in [2.75, 3.05) is 17.3 Å². The summed E-state index contributed by atoms with van der Waals surface area (Å²) >= 11 is 1.87. The summed E-state index contributed by atoms with van der Waals surface area (Å²) in [5.41, 5.74) is 1.01. The molecule has 1 aromatic heterocycles. The first-order chi connectivity index (χ1) is 21.0. The van der Waals surface area contributed by atoms with Crippen molar-refractivity contribution in [3.63, 3.8) is 0 Å². The topological polar surface area (TPSA) is 97.7 Å². The third-order valence-electron chi connectivity index (χ3n) is 7.59. The SMILES string of the molecule is COc1ccc([C@@H]2c3sc(=O)n(CC(=O)Nc4ccc(C)cc4)c3SC3C(=O)N(c4cccc(C(F)(F)F)c4)C(=O)C32)cc1. The van der Waals surface area contributed by atoms with E-state index in [-0.39, 0.29) is 12.2 Å². The monoisotopic (exact) mass is 639 g/mol. The first-order valence-electron chi connectivity index (χ1n) is 13.4. The molecule has 2 aliphatic heterocycles. The van der Waals surface area contributed by atoms with Crippen LogP contribution in [0, 0.1) is 12.8 Å². The zero-order valence-corrected chi connectivity index (χ0v) is 24.9. The molecule has 3 heterocycles. The molecular formula is C31H24F3N3O5S2. The highest BCUT2D eigenvalue weighted by molar-refractivity contribution is 8.00. The molecule has 0 aliphatic carbocycles. The second-order valence-corrected chi connectivity index (χ2v) is 12.5. The number of halogens is 3. The van der Waals surface area contributed by atoms with Crippen molar-refractivity contribution in [3.05, 3.63) is 104 Å². The summed E-state index contributed by atoms with van der Waals surface area (Å²) in [5.74, 6) is -3.04. The number of nitrogens with zero attached hydrogens (tertiary/aromatic N) is 2. The highest BCUT2D eigenvalue weighted by Crippen LogP contribution is 2.54. The molecule has 8 nitrogen and oxygen atoms in total. The van der Waals surface area contributed by atoms with Crippen molar-refractivity contribution in [2.24, 2.45) is 5.92 Å². The van der Waals surface area contributed by atoms with Crippen molar-refractivity contribution in [1.29, 1.82) is 0 Å². The minimum atomic E-state index is -4.67. The van der Waals surface area contributed by atoms with Crippen molar-refractivity contribution < 1.29 is 32.3 Å². The van der Waals surface area contributed by atoms with Crippen molar-refractivity contribution in [2.45, 2.75) is 35.8 Å². The molecule has 2 unspecified atom stereocenters. The van der Waals surface area contributed by atoms with Crippen LogP contribution >= 0.6 is 23.1 Å². The van der Waals surface area contributed by atoms with Gasteiger partial charge in [0.2, 0.25) is 17.7 Å². The number of ether oxygens (including phenoxy) is 1. The summed E-state index contributed by atoms with van der Waals surface area (Å²) in [6, 6.07) is 18.1. The number of anilines is 2. The van der Waals surface area contributed by atoms with Gasteiger partial charge in [-0.25, -0.2) is 4.90 Å². The number of fused-ring (bicyclic) bond motifs is 2. The van der Waals surface area contributed by atoms with Gasteiger partial charge in [0.1, 0.15) is 17.5 Å². The minimum Gasteiger partial charge on any atom is -0.497 e. The van der Waals surface area contributed by atoms with E-state index in [1.165, 1.54) is 17.7 Å². The van der Waals surface area contributed by atoms with Gasteiger partial charge in [-0.3, -0.25) is 23.7 Å². The molecule has 0 saturated carbocycles. The number of thioether (sulfide) groups is 1. The first-order valence-corrected chi connectivity index (χ1v) is 15.1. The van der Waals surface area contributed by atoms with Crippen LogP contribution in [0.3, 0.4) is 0 Å². The molecule has 0 spiro atoms. The van der Waals surface area contributed by atoms with Crippen LogP contribution < -0.4 is 19.8 Å². The zero-order chi connectivity index (χ0) is 31.3. The number of nitrogens with one attached hydrogen (secondary N) is 1. The number of rotatable bonds is 6. The number of carbonyl (C=O) groups is 3. The average molecular weight is 640 g/mol. The van der Waals surface area contributed by atoms with Crippen molar-refractivity contribution in [3.8, 4) is 5.75 Å². The fourth-order valence-corrected chi connectivity index (χ4v) is 8.26. The zero-order valence-electron chi connectivity index (χ0n) is 23.3. The van der Waals surface area contributed by atoms with Gasteiger partial charge in [0.15, 0.2) is 0 Å². The lowest BCUT2D eigenvalue weighted by molar-refractivity contribution is -0.137. The normalized spacial score (nSPS) is 19.5. The third-order valence-corrected chi connectivity index (χ3v) is 10.2. The Morgan fingerprint density at radius 3 is 2.34 bits per heavy atom. The average Bonchev–Trinajstić information content (AvgIpc) is 3.44. The molecule has 2 aliphatic rings. The highest BCUT2D eigenvalue weighted by atomic mass is 32.2. The van der Waals surface area contributed by atoms with Gasteiger partial charge in [0, 0.05) is 16.5 Å². The van der Waals surface area contributed by atoms with Crippen LogP contribution in [0.5, 0.6) is 5.75 Å². The molecule has 1 fully saturated rings. The van der Waals surface area contributed by atoms with Crippen LogP contribution in [0.4, 0.5) is 24.5 Å². The van der Waals surface area contributed by atoms with Gasteiger partial charge in [-0.05, 0) is 55.0 Å². The maximum absolute atomic E-state index is 14.0. The first kappa shape index (κ1) is 29.7. The van der Waals surface area contributed by atoms with E-state index in [4.69, 9.17) is 4.74 Å². The maximum Gasteiger partial charge on any atom is 0.416 e. The molecule has 6 rings (SSSR count). The molecule has 3 amide bonds. The number of methoxy groups -OCH3 is 1. The van der Waals surface area contributed by atoms with Gasteiger partial charge in [-0.1, -0.05) is 59.0 Å². The Kier molecular flexibility index (Phi) is 7.62. The summed E-state index contributed by atoms with van der Waals surface area (Å²) in [5, 5.41) is 2.09. The lowest BCUT2D eigenvalue weighted by atomic mass is 9.83. The molecule has 4 aromatic rings. The number of aromatic nitrogens is 1. The van der Waals surface area contributed by atoms with Gasteiger partial charge in [-0.15, -0.1) is 0 Å². The van der Waals surface area contributed by atoms with Crippen LogP contribution in [0.1, 0.15) is 27.5 Å². The molecule has 1 N–H and O–H groups in total. The van der Waals surface area contributed by atoms with Crippen LogP contribution in [0.15, 0.2) is 82.6 Å². The van der Waals surface area contributed by atoms with E-state index >= 15 is 0 Å². The molecule has 44 heavy (non-hydrogen) atoms. The molecule has 3 aromatic carbocycles. The Balaban J connectivity index is 1.41. The van der Waals surface area contributed by atoms with E-state index in [0.717, 1.165) is 51.8 Å². The number of alkyl halides is 3. The number of imide groups is 1. The summed E-state index contributed by atoms with van der Waals surface area (Å²) in [6.07, 6.45) is -4.67. The number of benzene rings is 3. The second-order valence-electron chi connectivity index (χ2n) is 10.4. The van der Waals surface area contributed by atoms with Crippen LogP contribution in [0.25, 0.3) is 0 Å². The number of hydrogen-bond acceptors (Lipinski definition) is 7. The molecule has 0 bridgehead atoms. The van der Waals surface area contributed by atoms with Crippen LogP contribution in [0.2, 0.25) is 0 Å². The van der Waals surface area contributed by atoms with Gasteiger partial charge in [-0.2, -0.15) is 13.2 Å². The molecule has 3 atom stereocenters. The van der Waals surface area contributed by atoms with E-state index in [1.54, 1.807) is 36.4 Å². The Bertz CT molecular complexity index is 1830. The molecule has 226 valence electrons. The largest absolute Gasteiger partial charge is 0.497 e. The quantitative estimate of drug-likeness (QED) is 0.273. The molecule has 1 saturated heterocycles. The van der Waals surface area contributed by atoms with Crippen LogP contribution in [-0.2, 0) is 27.1 Å². The van der Waals surface area contributed by atoms with E-state index < -0.39 is 51.4 Å². The second kappa shape index (κ2) is 11.3. The standard InChI is InChI=1S/C31H24F3N3O5S2/c1-16-6-10-19(11-7-16)35-22(38)15-36-29-26(44-30(36)41)23(17-8-12-21(42-2)13-9-17)24-25(43-29)28(40)37(27(24)39)20-5-3-4-18(14-20)31(32,33)34/h3-14,23-25H,15H2,1-2H3,(H,35,38)/t23-,24?,25?/m0/s1. The number of thiazole rings is 1. The fourth-order valence-electron chi connectivity index (χ4n) is 5.48. The molecular weight excluding hydrogens is 615 g/mol. The summed E-state index contributed by atoms with van der Waals surface area (Å²) in [7, 11) is 1.50. The predicted octanol–water partition coefficient (Wildman–Crippen LogP) is 5.68. The highest BCUT2D eigenvalue weighted by Gasteiger charge is 2.57. The van der Waals surface area contributed by atoms with Crippen LogP contribution in [-0.4, -0.2) is 34.6 Å².